The minimum atomic E-state index is -2.74. The van der Waals surface area contributed by atoms with E-state index in [-0.39, 0.29) is 40.3 Å². The maximum atomic E-state index is 14.1. The van der Waals surface area contributed by atoms with Gasteiger partial charge in [-0.15, -0.1) is 0 Å². The number of nitrogens with zero attached hydrogens (tertiary/aromatic N) is 1. The molecule has 188 valence electrons. The number of nitrogens with two attached hydrogens (primary N) is 1. The fraction of sp³-hybridized carbons (Fsp3) is 0.500. The second kappa shape index (κ2) is 10.7. The van der Waals surface area contributed by atoms with E-state index in [0.29, 0.717) is 31.5 Å². The van der Waals surface area contributed by atoms with Crippen LogP contribution in [0.25, 0.3) is 5.57 Å². The Bertz CT molecular complexity index is 1070. The van der Waals surface area contributed by atoms with Crippen molar-refractivity contribution in [3.8, 4) is 0 Å². The second-order valence-corrected chi connectivity index (χ2v) is 9.58. The molecule has 1 saturated heterocycles. The highest BCUT2D eigenvalue weighted by molar-refractivity contribution is 6.11. The van der Waals surface area contributed by atoms with Gasteiger partial charge in [-0.25, -0.2) is 8.78 Å². The van der Waals surface area contributed by atoms with E-state index in [0.717, 1.165) is 55.4 Å². The summed E-state index contributed by atoms with van der Waals surface area (Å²) < 4.78 is 28.1. The number of benzene rings is 1. The number of fused-ring (bicyclic) bond motifs is 1. The number of carbonyl (C=O) groups excluding carboxylic acids is 1. The molecular formula is C26H34F2N6O. The molecule has 0 saturated carbocycles. The highest BCUT2D eigenvalue weighted by atomic mass is 19.3. The van der Waals surface area contributed by atoms with Crippen molar-refractivity contribution < 1.29 is 13.6 Å². The summed E-state index contributed by atoms with van der Waals surface area (Å²) in [6, 6.07) is 3.43. The Morgan fingerprint density at radius 2 is 2.11 bits per heavy atom. The molecule has 2 heterocycles. The Balaban J connectivity index is 1.74. The number of hydrogen-bond acceptors (Lipinski definition) is 6. The van der Waals surface area contributed by atoms with E-state index in [4.69, 9.17) is 11.1 Å². The Morgan fingerprint density at radius 3 is 2.74 bits per heavy atom. The molecule has 2 unspecified atom stereocenters. The van der Waals surface area contributed by atoms with Gasteiger partial charge in [-0.2, -0.15) is 0 Å². The zero-order valence-electron chi connectivity index (χ0n) is 20.1. The molecular weight excluding hydrogens is 450 g/mol. The van der Waals surface area contributed by atoms with E-state index in [1.54, 1.807) is 13.0 Å². The lowest BCUT2D eigenvalue weighted by molar-refractivity contribution is -0.121. The molecule has 0 radical (unpaired) electrons. The number of rotatable bonds is 7. The third kappa shape index (κ3) is 5.15. The number of amidine groups is 1. The summed E-state index contributed by atoms with van der Waals surface area (Å²) in [5, 5.41) is 23.7. The summed E-state index contributed by atoms with van der Waals surface area (Å²) in [4.78, 5) is 14.0. The third-order valence-electron chi connectivity index (χ3n) is 7.38. The molecule has 0 spiro atoms. The zero-order chi connectivity index (χ0) is 25.1. The largest absolute Gasteiger partial charge is 0.404 e. The molecule has 4 rings (SSSR count). The van der Waals surface area contributed by atoms with Gasteiger partial charge in [0.1, 0.15) is 11.6 Å². The van der Waals surface area contributed by atoms with Crippen LogP contribution in [-0.4, -0.2) is 43.5 Å². The second-order valence-electron chi connectivity index (χ2n) is 9.58. The number of ketones is 1. The smallest absolute Gasteiger partial charge is 0.264 e. The molecule has 1 aromatic carbocycles. The van der Waals surface area contributed by atoms with Gasteiger partial charge in [0.05, 0.1) is 0 Å². The molecule has 0 bridgehead atoms. The monoisotopic (exact) mass is 484 g/mol. The molecule has 2 atom stereocenters. The fourth-order valence-electron chi connectivity index (χ4n) is 5.40. The van der Waals surface area contributed by atoms with Crippen molar-refractivity contribution in [2.24, 2.45) is 11.7 Å². The van der Waals surface area contributed by atoms with Crippen LogP contribution in [0.4, 0.5) is 14.5 Å². The first kappa shape index (κ1) is 25.0. The molecule has 7 nitrogen and oxygen atoms in total. The normalized spacial score (nSPS) is 22.9. The van der Waals surface area contributed by atoms with Gasteiger partial charge in [0.25, 0.3) is 6.43 Å². The number of anilines is 1. The van der Waals surface area contributed by atoms with Gasteiger partial charge < -0.3 is 26.7 Å². The summed E-state index contributed by atoms with van der Waals surface area (Å²) in [6.07, 6.45) is 3.81. The quantitative estimate of drug-likeness (QED) is 0.297. The van der Waals surface area contributed by atoms with Gasteiger partial charge in [-0.05, 0) is 75.3 Å². The topological polar surface area (TPSA) is 118 Å². The molecule has 1 aromatic rings. The molecule has 35 heavy (non-hydrogen) atoms. The number of halogens is 2. The van der Waals surface area contributed by atoms with Crippen LogP contribution in [-0.2, 0) is 11.2 Å². The highest BCUT2D eigenvalue weighted by Gasteiger charge is 2.32. The van der Waals surface area contributed by atoms with Gasteiger partial charge in [-0.1, -0.05) is 0 Å². The van der Waals surface area contributed by atoms with Crippen LogP contribution in [0.3, 0.4) is 0 Å². The summed E-state index contributed by atoms with van der Waals surface area (Å²) in [7, 11) is 0. The number of hydrogen-bond donors (Lipinski definition) is 5. The van der Waals surface area contributed by atoms with Crippen LogP contribution in [0.1, 0.15) is 62.1 Å². The van der Waals surface area contributed by atoms with Crippen molar-refractivity contribution in [3.05, 3.63) is 46.3 Å². The molecule has 0 aromatic heterocycles. The molecule has 2 aliphatic heterocycles. The van der Waals surface area contributed by atoms with Crippen LogP contribution in [0.15, 0.2) is 29.6 Å². The minimum Gasteiger partial charge on any atom is -0.404 e. The molecule has 1 fully saturated rings. The molecule has 6 N–H and O–H groups in total. The van der Waals surface area contributed by atoms with E-state index in [2.05, 4.69) is 10.6 Å². The third-order valence-corrected chi connectivity index (χ3v) is 7.38. The van der Waals surface area contributed by atoms with Crippen molar-refractivity contribution >= 4 is 29.1 Å². The van der Waals surface area contributed by atoms with Gasteiger partial charge >= 0.3 is 0 Å². The molecule has 0 amide bonds. The van der Waals surface area contributed by atoms with Crippen molar-refractivity contribution in [1.29, 1.82) is 10.8 Å². The highest BCUT2D eigenvalue weighted by Crippen LogP contribution is 2.39. The maximum absolute atomic E-state index is 14.1. The summed E-state index contributed by atoms with van der Waals surface area (Å²) >= 11 is 0. The van der Waals surface area contributed by atoms with E-state index >= 15 is 0 Å². The van der Waals surface area contributed by atoms with E-state index in [9.17, 15) is 19.0 Å². The minimum absolute atomic E-state index is 0.119. The lowest BCUT2D eigenvalue weighted by atomic mass is 9.83. The predicted molar refractivity (Wildman–Crippen MR) is 135 cm³/mol. The van der Waals surface area contributed by atoms with Crippen LogP contribution in [0.2, 0.25) is 0 Å². The Kier molecular flexibility index (Phi) is 7.64. The van der Waals surface area contributed by atoms with Crippen LogP contribution in [0.5, 0.6) is 0 Å². The number of Topliss-reactive ketones (excluding diaryl/α,β-unsaturated/α-hetero) is 1. The van der Waals surface area contributed by atoms with E-state index in [1.165, 1.54) is 12.3 Å². The first-order valence-electron chi connectivity index (χ1n) is 12.3. The van der Waals surface area contributed by atoms with Crippen molar-refractivity contribution in [2.75, 3.05) is 24.5 Å². The van der Waals surface area contributed by atoms with Crippen LogP contribution >= 0.6 is 0 Å². The lowest BCUT2D eigenvalue weighted by Gasteiger charge is -2.36. The van der Waals surface area contributed by atoms with E-state index < -0.39 is 6.43 Å². The SMILES string of the molecule is CC(=O)C1CCC(NC2CCNC2)=C(C(=N)N2CCCc3cc(/C(C=N)=C/N)c(C(F)F)cc32)C1. The average Bonchev–Trinajstić information content (AvgIpc) is 3.36. The molecule has 1 aliphatic carbocycles. The average molecular weight is 485 g/mol. The first-order valence-corrected chi connectivity index (χ1v) is 12.3. The Labute approximate surface area is 204 Å². The van der Waals surface area contributed by atoms with Gasteiger partial charge in [0.2, 0.25) is 0 Å². The molecule has 3 aliphatic rings. The summed E-state index contributed by atoms with van der Waals surface area (Å²) in [6.45, 7) is 3.95. The first-order chi connectivity index (χ1) is 16.8. The molecule has 9 heteroatoms. The fourth-order valence-corrected chi connectivity index (χ4v) is 5.40. The van der Waals surface area contributed by atoms with Gasteiger partial charge in [0.15, 0.2) is 0 Å². The number of carbonyl (C=O) groups is 1. The standard InChI is InChI=1S/C26H34F2N6O/c1-15(35)16-4-5-23(33-19-6-7-32-14-19)22(9-16)26(31)34-8-2-3-17-10-20(18(12-29)13-30)21(25(27)28)11-24(17)34/h10-13,16,19,25,29,31-33H,2-9,14,30H2,1H3/b18-13+,29-12?,31-26?. The number of allylic oxidation sites excluding steroid dienone is 2. The van der Waals surface area contributed by atoms with Gasteiger partial charge in [-0.3, -0.25) is 10.2 Å². The lowest BCUT2D eigenvalue weighted by Crippen LogP contribution is -2.41. The summed E-state index contributed by atoms with van der Waals surface area (Å²) in [5.74, 6) is 0.263. The van der Waals surface area contributed by atoms with E-state index in [1.807, 2.05) is 4.90 Å². The van der Waals surface area contributed by atoms with Crippen LogP contribution < -0.4 is 21.3 Å². The van der Waals surface area contributed by atoms with Crippen molar-refractivity contribution in [3.63, 3.8) is 0 Å². The van der Waals surface area contributed by atoms with Crippen molar-refractivity contribution in [2.45, 2.75) is 57.9 Å². The zero-order valence-corrected chi connectivity index (χ0v) is 20.1. The number of aryl methyl sites for hydroxylation is 1. The maximum Gasteiger partial charge on any atom is 0.264 e. The number of alkyl halides is 2. The van der Waals surface area contributed by atoms with Gasteiger partial charge in [0, 0.05) is 65.6 Å². The number of nitrogens with one attached hydrogen (secondary N) is 4. The summed E-state index contributed by atoms with van der Waals surface area (Å²) in [5.41, 5.74) is 9.17. The van der Waals surface area contributed by atoms with Crippen molar-refractivity contribution in [1.82, 2.24) is 10.6 Å². The van der Waals surface area contributed by atoms with Crippen LogP contribution in [0, 0.1) is 16.7 Å². The predicted octanol–water partition coefficient (Wildman–Crippen LogP) is 3.90. The Hall–Kier alpha value is -3.07. The Morgan fingerprint density at radius 1 is 1.31 bits per heavy atom.